The highest BCUT2D eigenvalue weighted by Crippen LogP contribution is 2.28. The van der Waals surface area contributed by atoms with E-state index in [2.05, 4.69) is 26.4 Å². The Labute approximate surface area is 120 Å². The quantitative estimate of drug-likeness (QED) is 0.539. The minimum atomic E-state index is 0.815. The van der Waals surface area contributed by atoms with Gasteiger partial charge in [-0.15, -0.1) is 11.3 Å². The lowest BCUT2D eigenvalue weighted by Crippen LogP contribution is -1.93. The van der Waals surface area contributed by atoms with Crippen LogP contribution in [0.5, 0.6) is 0 Å². The third kappa shape index (κ3) is 2.77. The molecule has 0 fully saturated rings. The lowest BCUT2D eigenvalue weighted by molar-refractivity contribution is 1.01. The molecule has 0 aliphatic rings. The van der Waals surface area contributed by atoms with E-state index in [0.29, 0.717) is 0 Å². The van der Waals surface area contributed by atoms with Gasteiger partial charge in [0.25, 0.3) is 0 Å². The van der Waals surface area contributed by atoms with Crippen molar-refractivity contribution in [2.24, 2.45) is 0 Å². The van der Waals surface area contributed by atoms with Crippen LogP contribution in [-0.4, -0.2) is 15.0 Å². The highest BCUT2D eigenvalue weighted by atomic mass is 32.2. The van der Waals surface area contributed by atoms with Crippen LogP contribution in [0.3, 0.4) is 0 Å². The monoisotopic (exact) mass is 287 g/mol. The number of aromatic nitrogens is 3. The Hall–Kier alpha value is -1.46. The molecule has 2 aromatic heterocycles. The van der Waals surface area contributed by atoms with E-state index in [0.717, 1.165) is 38.2 Å². The lowest BCUT2D eigenvalue weighted by Gasteiger charge is -2.05. The molecule has 0 saturated heterocycles. The summed E-state index contributed by atoms with van der Waals surface area (Å²) >= 11 is 3.41. The second-order valence-electron chi connectivity index (χ2n) is 4.24. The SMILES string of the molecule is Cc1nc(SCc2csc(C)n2)c2ccccc2n1. The van der Waals surface area contributed by atoms with E-state index >= 15 is 0 Å². The van der Waals surface area contributed by atoms with Crippen LogP contribution in [0, 0.1) is 13.8 Å². The van der Waals surface area contributed by atoms with Crippen LogP contribution in [-0.2, 0) is 5.75 Å². The molecular formula is C14H13N3S2. The van der Waals surface area contributed by atoms with Crippen molar-refractivity contribution in [3.8, 4) is 0 Å². The fourth-order valence-corrected chi connectivity index (χ4v) is 3.56. The molecule has 0 spiro atoms. The van der Waals surface area contributed by atoms with Crippen LogP contribution in [0.15, 0.2) is 34.7 Å². The lowest BCUT2D eigenvalue weighted by atomic mass is 10.2. The number of thiazole rings is 1. The molecule has 0 N–H and O–H groups in total. The smallest absolute Gasteiger partial charge is 0.127 e. The molecule has 0 atom stereocenters. The zero-order valence-corrected chi connectivity index (χ0v) is 12.4. The molecular weight excluding hydrogens is 274 g/mol. The van der Waals surface area contributed by atoms with Gasteiger partial charge >= 0.3 is 0 Å². The van der Waals surface area contributed by atoms with Crippen molar-refractivity contribution in [1.82, 2.24) is 15.0 Å². The Kier molecular flexibility index (Phi) is 3.48. The maximum atomic E-state index is 4.55. The number of rotatable bonds is 3. The van der Waals surface area contributed by atoms with E-state index in [1.54, 1.807) is 23.1 Å². The molecule has 96 valence electrons. The van der Waals surface area contributed by atoms with Crippen LogP contribution >= 0.6 is 23.1 Å². The summed E-state index contributed by atoms with van der Waals surface area (Å²) in [5.74, 6) is 1.67. The molecule has 0 unspecified atom stereocenters. The summed E-state index contributed by atoms with van der Waals surface area (Å²) in [7, 11) is 0. The Balaban J connectivity index is 1.91. The molecule has 0 amide bonds. The van der Waals surface area contributed by atoms with Crippen molar-refractivity contribution in [2.45, 2.75) is 24.6 Å². The van der Waals surface area contributed by atoms with Crippen LogP contribution < -0.4 is 0 Å². The second-order valence-corrected chi connectivity index (χ2v) is 6.27. The minimum absolute atomic E-state index is 0.815. The van der Waals surface area contributed by atoms with Gasteiger partial charge in [0.05, 0.1) is 16.2 Å². The molecule has 2 heterocycles. The average molecular weight is 287 g/mol. The molecule has 3 rings (SSSR count). The molecule has 0 bridgehead atoms. The first-order valence-corrected chi connectivity index (χ1v) is 7.86. The van der Waals surface area contributed by atoms with Gasteiger partial charge in [-0.2, -0.15) is 0 Å². The molecule has 0 aliphatic carbocycles. The van der Waals surface area contributed by atoms with Gasteiger partial charge in [0.1, 0.15) is 10.9 Å². The van der Waals surface area contributed by atoms with Crippen molar-refractivity contribution < 1.29 is 0 Å². The van der Waals surface area contributed by atoms with Gasteiger partial charge in [-0.25, -0.2) is 15.0 Å². The number of fused-ring (bicyclic) bond motifs is 1. The fraction of sp³-hybridized carbons (Fsp3) is 0.214. The normalized spacial score (nSPS) is 11.1. The van der Waals surface area contributed by atoms with Gasteiger partial charge in [0.2, 0.25) is 0 Å². The minimum Gasteiger partial charge on any atom is -0.246 e. The number of nitrogens with zero attached hydrogens (tertiary/aromatic N) is 3. The standard InChI is InChI=1S/C14H13N3S2/c1-9-15-13-6-4-3-5-12(13)14(16-9)19-8-11-7-18-10(2)17-11/h3-7H,8H2,1-2H3. The topological polar surface area (TPSA) is 38.7 Å². The zero-order chi connectivity index (χ0) is 13.2. The van der Waals surface area contributed by atoms with Crippen LogP contribution in [0.1, 0.15) is 16.5 Å². The highest BCUT2D eigenvalue weighted by molar-refractivity contribution is 7.98. The number of benzene rings is 1. The van der Waals surface area contributed by atoms with Gasteiger partial charge < -0.3 is 0 Å². The first kappa shape index (κ1) is 12.6. The van der Waals surface area contributed by atoms with E-state index in [1.165, 1.54) is 0 Å². The van der Waals surface area contributed by atoms with E-state index in [1.807, 2.05) is 32.0 Å². The van der Waals surface area contributed by atoms with Crippen molar-refractivity contribution in [3.05, 3.63) is 46.2 Å². The largest absolute Gasteiger partial charge is 0.246 e. The second kappa shape index (κ2) is 5.27. The Morgan fingerprint density at radius 2 is 1.95 bits per heavy atom. The third-order valence-corrected chi connectivity index (χ3v) is 4.55. The first-order valence-electron chi connectivity index (χ1n) is 5.99. The summed E-state index contributed by atoms with van der Waals surface area (Å²) < 4.78 is 0. The Morgan fingerprint density at radius 3 is 2.74 bits per heavy atom. The van der Waals surface area contributed by atoms with Gasteiger partial charge in [-0.3, -0.25) is 0 Å². The van der Waals surface area contributed by atoms with E-state index in [-0.39, 0.29) is 0 Å². The van der Waals surface area contributed by atoms with E-state index in [9.17, 15) is 0 Å². The summed E-state index contributed by atoms with van der Waals surface area (Å²) in [6, 6.07) is 8.13. The molecule has 1 aromatic carbocycles. The molecule has 0 aliphatic heterocycles. The number of thioether (sulfide) groups is 1. The maximum absolute atomic E-state index is 4.55. The predicted octanol–water partition coefficient (Wildman–Crippen LogP) is 4.00. The van der Waals surface area contributed by atoms with E-state index < -0.39 is 0 Å². The van der Waals surface area contributed by atoms with Crippen molar-refractivity contribution in [2.75, 3.05) is 0 Å². The van der Waals surface area contributed by atoms with Crippen molar-refractivity contribution in [1.29, 1.82) is 0 Å². The molecule has 5 heteroatoms. The first-order chi connectivity index (χ1) is 9.22. The van der Waals surface area contributed by atoms with Gasteiger partial charge in [-0.05, 0) is 19.9 Å². The van der Waals surface area contributed by atoms with Crippen LogP contribution in [0.2, 0.25) is 0 Å². The van der Waals surface area contributed by atoms with Crippen molar-refractivity contribution >= 4 is 34.0 Å². The fourth-order valence-electron chi connectivity index (χ4n) is 1.89. The maximum Gasteiger partial charge on any atom is 0.127 e. The Morgan fingerprint density at radius 1 is 1.11 bits per heavy atom. The van der Waals surface area contributed by atoms with Gasteiger partial charge in [-0.1, -0.05) is 30.0 Å². The summed E-state index contributed by atoms with van der Waals surface area (Å²) in [4.78, 5) is 13.5. The summed E-state index contributed by atoms with van der Waals surface area (Å²) in [6.45, 7) is 3.96. The summed E-state index contributed by atoms with van der Waals surface area (Å²) in [5.41, 5.74) is 2.12. The van der Waals surface area contributed by atoms with Gasteiger partial charge in [0.15, 0.2) is 0 Å². The zero-order valence-electron chi connectivity index (χ0n) is 10.8. The number of hydrogen-bond donors (Lipinski definition) is 0. The number of aryl methyl sites for hydroxylation is 2. The molecule has 3 aromatic rings. The average Bonchev–Trinajstić information content (AvgIpc) is 2.81. The molecule has 19 heavy (non-hydrogen) atoms. The Bertz CT molecular complexity index is 722. The number of para-hydroxylation sites is 1. The molecule has 3 nitrogen and oxygen atoms in total. The predicted molar refractivity (Wildman–Crippen MR) is 80.7 cm³/mol. The van der Waals surface area contributed by atoms with Crippen molar-refractivity contribution in [3.63, 3.8) is 0 Å². The third-order valence-electron chi connectivity index (χ3n) is 2.70. The van der Waals surface area contributed by atoms with Gasteiger partial charge in [0, 0.05) is 16.5 Å². The summed E-state index contributed by atoms with van der Waals surface area (Å²) in [5, 5.41) is 5.37. The number of hydrogen-bond acceptors (Lipinski definition) is 5. The molecule has 0 radical (unpaired) electrons. The highest BCUT2D eigenvalue weighted by Gasteiger charge is 2.07. The van der Waals surface area contributed by atoms with Crippen LogP contribution in [0.4, 0.5) is 0 Å². The van der Waals surface area contributed by atoms with E-state index in [4.69, 9.17) is 0 Å². The summed E-state index contributed by atoms with van der Waals surface area (Å²) in [6.07, 6.45) is 0. The van der Waals surface area contributed by atoms with Crippen LogP contribution in [0.25, 0.3) is 10.9 Å². The molecule has 0 saturated carbocycles.